The molecule has 1 aliphatic rings. The second kappa shape index (κ2) is 6.02. The van der Waals surface area contributed by atoms with Gasteiger partial charge in [0.05, 0.1) is 6.04 Å². The van der Waals surface area contributed by atoms with Crippen LogP contribution in [-0.4, -0.2) is 11.9 Å². The Labute approximate surface area is 87.1 Å². The maximum Gasteiger partial charge on any atom is 0.114 e. The molecule has 0 aromatic heterocycles. The summed E-state index contributed by atoms with van der Waals surface area (Å²) >= 11 is 0. The van der Waals surface area contributed by atoms with Gasteiger partial charge in [0.15, 0.2) is 0 Å². The molecule has 1 saturated carbocycles. The van der Waals surface area contributed by atoms with Crippen molar-refractivity contribution >= 4 is 5.84 Å². The highest BCUT2D eigenvalue weighted by atomic mass is 15.3. The fourth-order valence-electron chi connectivity index (χ4n) is 1.65. The van der Waals surface area contributed by atoms with Crippen LogP contribution in [0.4, 0.5) is 0 Å². The first-order valence-electron chi connectivity index (χ1n) is 5.86. The summed E-state index contributed by atoms with van der Waals surface area (Å²) in [5.41, 5.74) is 2.78. The molecule has 0 amide bonds. The minimum Gasteiger partial charge on any atom is -0.312 e. The highest BCUT2D eigenvalue weighted by Crippen LogP contribution is 2.25. The van der Waals surface area contributed by atoms with Gasteiger partial charge in [-0.3, -0.25) is 4.99 Å². The lowest BCUT2D eigenvalue weighted by molar-refractivity contribution is 0.551. The summed E-state index contributed by atoms with van der Waals surface area (Å²) in [7, 11) is 0. The first-order valence-corrected chi connectivity index (χ1v) is 5.86. The third-order valence-electron chi connectivity index (χ3n) is 2.80. The molecule has 3 nitrogen and oxygen atoms in total. The van der Waals surface area contributed by atoms with Crippen LogP contribution in [0.2, 0.25) is 0 Å². The van der Waals surface area contributed by atoms with Crippen LogP contribution in [0.1, 0.15) is 52.4 Å². The Hall–Kier alpha value is -0.570. The molecule has 1 fully saturated rings. The van der Waals surface area contributed by atoms with Crippen LogP contribution in [-0.2, 0) is 0 Å². The lowest BCUT2D eigenvalue weighted by Gasteiger charge is -2.16. The van der Waals surface area contributed by atoms with E-state index in [0.717, 1.165) is 12.3 Å². The third-order valence-corrected chi connectivity index (χ3v) is 2.80. The van der Waals surface area contributed by atoms with Crippen LogP contribution < -0.4 is 11.3 Å². The molecular formula is C11H23N3. The molecule has 82 valence electrons. The molecular weight excluding hydrogens is 174 g/mol. The highest BCUT2D eigenvalue weighted by Gasteiger charge is 2.23. The quantitative estimate of drug-likeness (QED) is 0.297. The van der Waals surface area contributed by atoms with E-state index in [1.54, 1.807) is 0 Å². The molecule has 0 spiro atoms. The Morgan fingerprint density at radius 2 is 2.21 bits per heavy atom. The Kier molecular flexibility index (Phi) is 4.94. The molecule has 1 aliphatic carbocycles. The molecule has 0 aromatic carbocycles. The maximum atomic E-state index is 5.52. The average Bonchev–Trinajstić information content (AvgIpc) is 3.00. The molecule has 0 aliphatic heterocycles. The van der Waals surface area contributed by atoms with Gasteiger partial charge in [-0.1, -0.05) is 26.7 Å². The fraction of sp³-hybridized carbons (Fsp3) is 0.909. The molecule has 0 radical (unpaired) electrons. The third kappa shape index (κ3) is 3.66. The van der Waals surface area contributed by atoms with Gasteiger partial charge in [-0.15, -0.1) is 0 Å². The van der Waals surface area contributed by atoms with E-state index in [9.17, 15) is 0 Å². The van der Waals surface area contributed by atoms with Gasteiger partial charge in [0.1, 0.15) is 5.84 Å². The molecule has 14 heavy (non-hydrogen) atoms. The number of hydrogen-bond acceptors (Lipinski definition) is 2. The number of amidine groups is 1. The van der Waals surface area contributed by atoms with Crippen LogP contribution >= 0.6 is 0 Å². The fourth-order valence-corrected chi connectivity index (χ4v) is 1.65. The standard InChI is InChI=1S/C11H23N3/c1-3-5-6-9(4-2)11(14-12)13-10-7-8-10/h9-10H,3-8,12H2,1-2H3,(H,13,14). The number of rotatable bonds is 6. The summed E-state index contributed by atoms with van der Waals surface area (Å²) in [6.07, 6.45) is 7.35. The largest absolute Gasteiger partial charge is 0.312 e. The number of hydrazine groups is 1. The number of nitrogens with two attached hydrogens (primary N) is 1. The first-order chi connectivity index (χ1) is 6.81. The average molecular weight is 197 g/mol. The summed E-state index contributed by atoms with van der Waals surface area (Å²) in [4.78, 5) is 4.61. The topological polar surface area (TPSA) is 50.4 Å². The van der Waals surface area contributed by atoms with Crippen molar-refractivity contribution in [2.75, 3.05) is 0 Å². The van der Waals surface area contributed by atoms with Gasteiger partial charge in [-0.2, -0.15) is 0 Å². The number of hydrogen-bond donors (Lipinski definition) is 2. The van der Waals surface area contributed by atoms with E-state index in [1.165, 1.54) is 32.1 Å². The second-order valence-electron chi connectivity index (χ2n) is 4.14. The Morgan fingerprint density at radius 1 is 1.50 bits per heavy atom. The van der Waals surface area contributed by atoms with Crippen LogP contribution in [0, 0.1) is 5.92 Å². The minimum absolute atomic E-state index is 0.542. The molecule has 0 heterocycles. The van der Waals surface area contributed by atoms with Crippen molar-refractivity contribution in [2.24, 2.45) is 16.8 Å². The zero-order valence-electron chi connectivity index (χ0n) is 9.42. The van der Waals surface area contributed by atoms with Gasteiger partial charge >= 0.3 is 0 Å². The van der Waals surface area contributed by atoms with Crippen LogP contribution in [0.5, 0.6) is 0 Å². The molecule has 1 unspecified atom stereocenters. The van der Waals surface area contributed by atoms with Crippen molar-refractivity contribution in [3.05, 3.63) is 0 Å². The molecule has 0 bridgehead atoms. The Morgan fingerprint density at radius 3 is 2.64 bits per heavy atom. The van der Waals surface area contributed by atoms with E-state index in [1.807, 2.05) is 0 Å². The lowest BCUT2D eigenvalue weighted by Crippen LogP contribution is -2.36. The predicted octanol–water partition coefficient (Wildman–Crippen LogP) is 2.23. The zero-order chi connectivity index (χ0) is 10.4. The van der Waals surface area contributed by atoms with E-state index in [0.29, 0.717) is 12.0 Å². The van der Waals surface area contributed by atoms with Gasteiger partial charge in [-0.25, -0.2) is 5.84 Å². The van der Waals surface area contributed by atoms with Crippen molar-refractivity contribution in [2.45, 2.75) is 58.4 Å². The van der Waals surface area contributed by atoms with Crippen molar-refractivity contribution < 1.29 is 0 Å². The minimum atomic E-state index is 0.542. The first kappa shape index (κ1) is 11.5. The number of nitrogens with one attached hydrogen (secondary N) is 1. The summed E-state index contributed by atoms with van der Waals surface area (Å²) < 4.78 is 0. The second-order valence-corrected chi connectivity index (χ2v) is 4.14. The van der Waals surface area contributed by atoms with E-state index in [-0.39, 0.29) is 0 Å². The maximum absolute atomic E-state index is 5.52. The number of aliphatic imine (C=N–C) groups is 1. The Balaban J connectivity index is 2.44. The van der Waals surface area contributed by atoms with Gasteiger partial charge in [-0.05, 0) is 25.7 Å². The lowest BCUT2D eigenvalue weighted by atomic mass is 9.98. The van der Waals surface area contributed by atoms with E-state index >= 15 is 0 Å². The summed E-state index contributed by atoms with van der Waals surface area (Å²) in [6, 6.07) is 0.566. The van der Waals surface area contributed by atoms with Crippen molar-refractivity contribution in [3.8, 4) is 0 Å². The highest BCUT2D eigenvalue weighted by molar-refractivity contribution is 5.84. The SMILES string of the molecule is CCCCC(CC)C(=NC1CC1)NN. The van der Waals surface area contributed by atoms with Crippen molar-refractivity contribution in [1.29, 1.82) is 0 Å². The molecule has 3 heteroatoms. The van der Waals surface area contributed by atoms with E-state index < -0.39 is 0 Å². The Bertz CT molecular complexity index is 185. The zero-order valence-corrected chi connectivity index (χ0v) is 9.42. The van der Waals surface area contributed by atoms with E-state index in [4.69, 9.17) is 5.84 Å². The van der Waals surface area contributed by atoms with Gasteiger partial charge in [0.25, 0.3) is 0 Å². The summed E-state index contributed by atoms with van der Waals surface area (Å²) in [6.45, 7) is 4.43. The van der Waals surface area contributed by atoms with Crippen molar-refractivity contribution in [1.82, 2.24) is 5.43 Å². The normalized spacial score (nSPS) is 19.5. The monoisotopic (exact) mass is 197 g/mol. The summed E-state index contributed by atoms with van der Waals surface area (Å²) in [5.74, 6) is 7.09. The van der Waals surface area contributed by atoms with E-state index in [2.05, 4.69) is 24.3 Å². The molecule has 0 saturated heterocycles. The number of nitrogens with zero attached hydrogens (tertiary/aromatic N) is 1. The molecule has 3 N–H and O–H groups in total. The van der Waals surface area contributed by atoms with Crippen molar-refractivity contribution in [3.63, 3.8) is 0 Å². The van der Waals surface area contributed by atoms with Crippen LogP contribution in [0.15, 0.2) is 4.99 Å². The molecule has 1 atom stereocenters. The predicted molar refractivity (Wildman–Crippen MR) is 61.1 cm³/mol. The van der Waals surface area contributed by atoms with Crippen LogP contribution in [0.25, 0.3) is 0 Å². The van der Waals surface area contributed by atoms with Gasteiger partial charge in [0.2, 0.25) is 0 Å². The number of unbranched alkanes of at least 4 members (excludes halogenated alkanes) is 1. The summed E-state index contributed by atoms with van der Waals surface area (Å²) in [5, 5.41) is 0. The van der Waals surface area contributed by atoms with Gasteiger partial charge < -0.3 is 5.43 Å². The smallest absolute Gasteiger partial charge is 0.114 e. The molecule has 1 rings (SSSR count). The molecule has 0 aromatic rings. The van der Waals surface area contributed by atoms with Crippen LogP contribution in [0.3, 0.4) is 0 Å². The van der Waals surface area contributed by atoms with Gasteiger partial charge in [0, 0.05) is 5.92 Å².